The molecular formula is C19H30N6OS. The third-order valence-corrected chi connectivity index (χ3v) is 6.06. The minimum absolute atomic E-state index is 0.710. The molecule has 0 unspecified atom stereocenters. The average molecular weight is 391 g/mol. The molecule has 1 aromatic heterocycles. The molecule has 1 fully saturated rings. The van der Waals surface area contributed by atoms with E-state index in [2.05, 4.69) is 45.2 Å². The lowest BCUT2D eigenvalue weighted by Gasteiger charge is -2.32. The zero-order valence-corrected chi connectivity index (χ0v) is 17.3. The maximum absolute atomic E-state index is 5.94. The minimum Gasteiger partial charge on any atom is -0.496 e. The first kappa shape index (κ1) is 20.0. The van der Waals surface area contributed by atoms with Crippen molar-refractivity contribution in [2.45, 2.75) is 30.7 Å². The summed E-state index contributed by atoms with van der Waals surface area (Å²) in [4.78, 5) is 4.96. The molecule has 1 aliphatic rings. The lowest BCUT2D eigenvalue weighted by Crippen LogP contribution is -2.44. The number of ether oxygens (including phenoxy) is 1. The number of aromatic nitrogens is 3. The summed E-state index contributed by atoms with van der Waals surface area (Å²) in [7, 11) is 3.91. The molecule has 0 aliphatic carbocycles. The number of hydrogen-bond acceptors (Lipinski definition) is 7. The summed E-state index contributed by atoms with van der Waals surface area (Å²) in [5.41, 5.74) is 2.52. The van der Waals surface area contributed by atoms with Crippen LogP contribution in [0.2, 0.25) is 0 Å². The van der Waals surface area contributed by atoms with Gasteiger partial charge in [0.25, 0.3) is 0 Å². The highest BCUT2D eigenvalue weighted by Crippen LogP contribution is 2.28. The van der Waals surface area contributed by atoms with Crippen LogP contribution in [0.3, 0.4) is 0 Å². The third kappa shape index (κ3) is 5.37. The van der Waals surface area contributed by atoms with Gasteiger partial charge in [-0.3, -0.25) is 0 Å². The van der Waals surface area contributed by atoms with Gasteiger partial charge in [-0.2, -0.15) is 0 Å². The fourth-order valence-corrected chi connectivity index (χ4v) is 4.15. The summed E-state index contributed by atoms with van der Waals surface area (Å²) in [5, 5.41) is 8.84. The minimum atomic E-state index is 0.710. The van der Waals surface area contributed by atoms with Crippen molar-refractivity contribution in [3.63, 3.8) is 0 Å². The normalized spacial score (nSPS) is 16.0. The van der Waals surface area contributed by atoms with Gasteiger partial charge in [-0.25, -0.2) is 4.68 Å². The highest BCUT2D eigenvalue weighted by molar-refractivity contribution is 7.98. The monoisotopic (exact) mass is 390 g/mol. The molecule has 0 radical (unpaired) electrons. The van der Waals surface area contributed by atoms with E-state index in [0.717, 1.165) is 23.1 Å². The number of thioether (sulfide) groups is 1. The Hall–Kier alpha value is -1.77. The van der Waals surface area contributed by atoms with Crippen LogP contribution in [0.4, 0.5) is 0 Å². The van der Waals surface area contributed by atoms with Crippen molar-refractivity contribution in [3.8, 4) is 5.75 Å². The fourth-order valence-electron chi connectivity index (χ4n) is 3.27. The number of rotatable bonds is 8. The number of nitrogen functional groups attached to an aromatic ring is 1. The van der Waals surface area contributed by atoms with Crippen LogP contribution in [0.1, 0.15) is 23.4 Å². The second kappa shape index (κ2) is 9.43. The molecule has 0 saturated carbocycles. The molecule has 2 N–H and O–H groups in total. The number of methoxy groups -OCH3 is 1. The molecule has 1 aromatic carbocycles. The molecule has 1 aliphatic heterocycles. The molecular weight excluding hydrogens is 360 g/mol. The van der Waals surface area contributed by atoms with Gasteiger partial charge in [0.2, 0.25) is 5.16 Å². The Balaban J connectivity index is 1.55. The van der Waals surface area contributed by atoms with Gasteiger partial charge in [-0.1, -0.05) is 23.9 Å². The fraction of sp³-hybridized carbons (Fsp3) is 0.579. The number of nitrogens with zero attached hydrogens (tertiary/aromatic N) is 5. The molecule has 0 amide bonds. The first-order chi connectivity index (χ1) is 13.1. The van der Waals surface area contributed by atoms with E-state index in [9.17, 15) is 0 Å². The number of likely N-dealkylation sites (N-methyl/N-ethyl adjacent to an activating group) is 1. The van der Waals surface area contributed by atoms with Crippen molar-refractivity contribution in [2.75, 3.05) is 52.7 Å². The van der Waals surface area contributed by atoms with Gasteiger partial charge in [0.05, 0.1) is 7.11 Å². The summed E-state index contributed by atoms with van der Waals surface area (Å²) in [6, 6.07) is 6.49. The molecule has 2 heterocycles. The van der Waals surface area contributed by atoms with Gasteiger partial charge in [-0.15, -0.1) is 10.2 Å². The maximum Gasteiger partial charge on any atom is 0.210 e. The predicted molar refractivity (Wildman–Crippen MR) is 110 cm³/mol. The van der Waals surface area contributed by atoms with Crippen molar-refractivity contribution < 1.29 is 4.74 Å². The predicted octanol–water partition coefficient (Wildman–Crippen LogP) is 1.78. The Morgan fingerprint density at radius 1 is 1.19 bits per heavy atom. The molecule has 2 aromatic rings. The van der Waals surface area contributed by atoms with Crippen LogP contribution in [0.25, 0.3) is 0 Å². The first-order valence-electron chi connectivity index (χ1n) is 9.43. The second-order valence-electron chi connectivity index (χ2n) is 7.08. The van der Waals surface area contributed by atoms with E-state index in [-0.39, 0.29) is 0 Å². The number of aryl methyl sites for hydroxylation is 2. The number of piperazine rings is 1. The summed E-state index contributed by atoms with van der Waals surface area (Å²) < 4.78 is 7.06. The van der Waals surface area contributed by atoms with E-state index in [1.165, 1.54) is 54.9 Å². The lowest BCUT2D eigenvalue weighted by molar-refractivity contribution is 0.153. The van der Waals surface area contributed by atoms with Gasteiger partial charge in [-0.05, 0) is 45.0 Å². The van der Waals surface area contributed by atoms with Gasteiger partial charge in [0, 0.05) is 37.5 Å². The van der Waals surface area contributed by atoms with E-state index in [1.807, 2.05) is 6.92 Å². The Labute approximate surface area is 165 Å². The van der Waals surface area contributed by atoms with Gasteiger partial charge < -0.3 is 20.4 Å². The molecule has 1 saturated heterocycles. The van der Waals surface area contributed by atoms with E-state index in [0.29, 0.717) is 5.82 Å². The lowest BCUT2D eigenvalue weighted by atomic mass is 10.1. The standard InChI is InChI=1S/C19H30N6OS/c1-15-21-22-19(25(15)20)27-14-17-13-16(6-7-18(17)26-3)5-4-8-24-11-9-23(2)10-12-24/h6-7,13H,4-5,8-12,14,20H2,1-3H3. The van der Waals surface area contributed by atoms with Crippen LogP contribution >= 0.6 is 11.8 Å². The molecule has 8 heteroatoms. The summed E-state index contributed by atoms with van der Waals surface area (Å²) >= 11 is 1.58. The van der Waals surface area contributed by atoms with Gasteiger partial charge in [0.1, 0.15) is 11.6 Å². The Morgan fingerprint density at radius 3 is 2.63 bits per heavy atom. The van der Waals surface area contributed by atoms with Crippen LogP contribution in [0.5, 0.6) is 5.75 Å². The van der Waals surface area contributed by atoms with Gasteiger partial charge >= 0.3 is 0 Å². The van der Waals surface area contributed by atoms with E-state index >= 15 is 0 Å². The molecule has 0 bridgehead atoms. The smallest absolute Gasteiger partial charge is 0.210 e. The highest BCUT2D eigenvalue weighted by Gasteiger charge is 2.14. The molecule has 0 atom stereocenters. The molecule has 148 valence electrons. The van der Waals surface area contributed by atoms with Crippen molar-refractivity contribution >= 4 is 11.8 Å². The Kier molecular flexibility index (Phi) is 6.98. The van der Waals surface area contributed by atoms with Crippen LogP contribution in [0, 0.1) is 6.92 Å². The summed E-state index contributed by atoms with van der Waals surface area (Å²) in [6.07, 6.45) is 2.26. The molecule has 0 spiro atoms. The SMILES string of the molecule is COc1ccc(CCCN2CCN(C)CC2)cc1CSc1nnc(C)n1N. The topological polar surface area (TPSA) is 72.4 Å². The van der Waals surface area contributed by atoms with Crippen molar-refractivity contribution in [1.82, 2.24) is 24.7 Å². The van der Waals surface area contributed by atoms with E-state index < -0.39 is 0 Å². The largest absolute Gasteiger partial charge is 0.496 e. The van der Waals surface area contributed by atoms with Crippen LogP contribution < -0.4 is 10.6 Å². The van der Waals surface area contributed by atoms with Crippen molar-refractivity contribution in [3.05, 3.63) is 35.2 Å². The quantitative estimate of drug-likeness (QED) is 0.544. The van der Waals surface area contributed by atoms with Crippen LogP contribution in [-0.4, -0.2) is 71.6 Å². The van der Waals surface area contributed by atoms with Crippen LogP contribution in [-0.2, 0) is 12.2 Å². The first-order valence-corrected chi connectivity index (χ1v) is 10.4. The molecule has 27 heavy (non-hydrogen) atoms. The highest BCUT2D eigenvalue weighted by atomic mass is 32.2. The Bertz CT molecular complexity index is 742. The molecule has 3 rings (SSSR count). The van der Waals surface area contributed by atoms with E-state index in [4.69, 9.17) is 10.6 Å². The second-order valence-corrected chi connectivity index (χ2v) is 8.03. The zero-order chi connectivity index (χ0) is 19.2. The molecule has 7 nitrogen and oxygen atoms in total. The number of benzene rings is 1. The average Bonchev–Trinajstić information content (AvgIpc) is 3.00. The van der Waals surface area contributed by atoms with E-state index in [1.54, 1.807) is 18.9 Å². The number of nitrogens with two attached hydrogens (primary N) is 1. The van der Waals surface area contributed by atoms with Crippen LogP contribution in [0.15, 0.2) is 23.4 Å². The van der Waals surface area contributed by atoms with Crippen molar-refractivity contribution in [2.24, 2.45) is 0 Å². The van der Waals surface area contributed by atoms with Gasteiger partial charge in [0.15, 0.2) is 0 Å². The summed E-state index contributed by atoms with van der Waals surface area (Å²) in [6.45, 7) is 7.73. The van der Waals surface area contributed by atoms with Crippen molar-refractivity contribution in [1.29, 1.82) is 0 Å². The third-order valence-electron chi connectivity index (χ3n) is 5.07. The maximum atomic E-state index is 5.94. The zero-order valence-electron chi connectivity index (χ0n) is 16.5. The Morgan fingerprint density at radius 2 is 1.96 bits per heavy atom. The summed E-state index contributed by atoms with van der Waals surface area (Å²) in [5.74, 6) is 8.32. The number of hydrogen-bond donors (Lipinski definition) is 1.